The number of hydrogen-bond acceptors (Lipinski definition) is 15. The number of ether oxygens (including phenoxy) is 5. The van der Waals surface area contributed by atoms with Gasteiger partial charge in [0.25, 0.3) is 14.2 Å². The van der Waals surface area contributed by atoms with Gasteiger partial charge in [0.05, 0.1) is 74.1 Å². The van der Waals surface area contributed by atoms with Crippen LogP contribution in [0.3, 0.4) is 0 Å². The molecule has 1 aromatic heterocycles. The van der Waals surface area contributed by atoms with E-state index < -0.39 is 53.9 Å². The van der Waals surface area contributed by atoms with Crippen molar-refractivity contribution in [2.45, 2.75) is 89.9 Å². The summed E-state index contributed by atoms with van der Waals surface area (Å²) in [6.07, 6.45) is -2.03. The van der Waals surface area contributed by atoms with E-state index in [1.165, 1.54) is 25.1 Å². The number of anilines is 1. The smallest absolute Gasteiger partial charge is 0.312 e. The molecule has 0 radical (unpaired) electrons. The minimum absolute atomic E-state index is 0.00735. The lowest BCUT2D eigenvalue weighted by atomic mass is 9.80. The lowest BCUT2D eigenvalue weighted by molar-refractivity contribution is -0.384. The number of methoxy groups -OCH3 is 2. The van der Waals surface area contributed by atoms with Crippen molar-refractivity contribution in [2.24, 2.45) is 0 Å². The fourth-order valence-electron chi connectivity index (χ4n) is 8.16. The Balaban J connectivity index is 1.46. The van der Waals surface area contributed by atoms with Gasteiger partial charge in [-0.1, -0.05) is 66.7 Å². The average Bonchev–Trinajstić information content (AvgIpc) is 3.74. The summed E-state index contributed by atoms with van der Waals surface area (Å²) >= 11 is 0. The molecule has 69 heavy (non-hydrogen) atoms. The van der Waals surface area contributed by atoms with Gasteiger partial charge in [-0.05, 0) is 74.2 Å². The topological polar surface area (TPSA) is 220 Å². The highest BCUT2D eigenvalue weighted by Crippen LogP contribution is 2.52. The van der Waals surface area contributed by atoms with E-state index in [1.54, 1.807) is 26.4 Å². The summed E-state index contributed by atoms with van der Waals surface area (Å²) in [7, 11) is 1.36. The van der Waals surface area contributed by atoms with Crippen molar-refractivity contribution >= 4 is 31.6 Å². The van der Waals surface area contributed by atoms with Gasteiger partial charge in [-0.3, -0.25) is 25.0 Å². The maximum atomic E-state index is 12.6. The number of nitro benzene ring substituents is 1. The highest BCUT2D eigenvalue weighted by atomic mass is 31.2. The van der Waals surface area contributed by atoms with Crippen LogP contribution < -0.4 is 19.5 Å². The molecule has 0 saturated carbocycles. The first-order chi connectivity index (χ1) is 33.2. The van der Waals surface area contributed by atoms with E-state index in [0.29, 0.717) is 17.9 Å². The van der Waals surface area contributed by atoms with Crippen LogP contribution >= 0.6 is 8.53 Å². The van der Waals surface area contributed by atoms with Crippen molar-refractivity contribution in [1.82, 2.24) is 9.65 Å². The summed E-state index contributed by atoms with van der Waals surface area (Å²) < 4.78 is 47.2. The number of rotatable bonds is 24. The Morgan fingerprint density at radius 2 is 1.48 bits per heavy atom. The van der Waals surface area contributed by atoms with Gasteiger partial charge in [0.15, 0.2) is 0 Å². The predicted octanol–water partition coefficient (Wildman–Crippen LogP) is 9.99. The summed E-state index contributed by atoms with van der Waals surface area (Å²) in [5, 5.41) is 35.9. The zero-order valence-electron chi connectivity index (χ0n) is 39.6. The molecule has 1 fully saturated rings. The third-order valence-electron chi connectivity index (χ3n) is 11.3. The van der Waals surface area contributed by atoms with E-state index in [0.717, 1.165) is 22.3 Å². The minimum atomic E-state index is -1.83. The van der Waals surface area contributed by atoms with Gasteiger partial charge in [0, 0.05) is 50.0 Å². The molecule has 4 aromatic carbocycles. The summed E-state index contributed by atoms with van der Waals surface area (Å²) in [6.45, 7) is 9.35. The number of amides is 1. The van der Waals surface area contributed by atoms with Crippen LogP contribution in [0.4, 0.5) is 17.2 Å². The van der Waals surface area contributed by atoms with Gasteiger partial charge in [0.1, 0.15) is 23.2 Å². The maximum absolute atomic E-state index is 12.6. The van der Waals surface area contributed by atoms with E-state index in [2.05, 4.69) is 21.0 Å². The van der Waals surface area contributed by atoms with Crippen LogP contribution in [0.15, 0.2) is 109 Å². The lowest BCUT2D eigenvalue weighted by Crippen LogP contribution is -2.39. The first kappa shape index (κ1) is 51.8. The van der Waals surface area contributed by atoms with Gasteiger partial charge in [-0.25, -0.2) is 4.67 Å². The number of nitriles is 1. The third kappa shape index (κ3) is 12.7. The number of hydrogen-bond donors (Lipinski definition) is 1. The van der Waals surface area contributed by atoms with E-state index in [9.17, 15) is 30.3 Å². The summed E-state index contributed by atoms with van der Waals surface area (Å²) in [4.78, 5) is 39.6. The number of benzene rings is 4. The Morgan fingerprint density at radius 3 is 2.00 bits per heavy atom. The highest BCUT2D eigenvalue weighted by Gasteiger charge is 2.46. The van der Waals surface area contributed by atoms with Crippen LogP contribution in [-0.4, -0.2) is 83.7 Å². The number of aromatic nitrogens is 1. The molecule has 1 aliphatic rings. The second kappa shape index (κ2) is 24.1. The van der Waals surface area contributed by atoms with Crippen molar-refractivity contribution < 1.29 is 47.4 Å². The Labute approximate surface area is 402 Å². The number of carbonyl (C=O) groups is 1. The van der Waals surface area contributed by atoms with Crippen LogP contribution in [-0.2, 0) is 35.3 Å². The number of nitrogens with zero attached hydrogens (tertiary/aromatic N) is 5. The minimum Gasteiger partial charge on any atom is -0.497 e. The molecule has 4 atom stereocenters. The van der Waals surface area contributed by atoms with Gasteiger partial charge in [-0.15, -0.1) is 0 Å². The maximum Gasteiger partial charge on any atom is 0.312 e. The zero-order valence-corrected chi connectivity index (χ0v) is 40.5. The summed E-state index contributed by atoms with van der Waals surface area (Å²) in [5.74, 6) is 0.350. The lowest BCUT2D eigenvalue weighted by Gasteiger charge is -2.39. The third-order valence-corrected chi connectivity index (χ3v) is 13.5. The fraction of sp³-hybridized carbons (Fsp3) is 0.380. The first-order valence-corrected chi connectivity index (χ1v) is 23.5. The van der Waals surface area contributed by atoms with Crippen molar-refractivity contribution in [3.8, 4) is 23.4 Å². The molecule has 18 nitrogen and oxygen atoms in total. The molecule has 1 N–H and O–H groups in total. The van der Waals surface area contributed by atoms with E-state index in [1.807, 2.05) is 107 Å². The Kier molecular flexibility index (Phi) is 18.1. The van der Waals surface area contributed by atoms with Crippen LogP contribution in [0.5, 0.6) is 17.4 Å². The van der Waals surface area contributed by atoms with Gasteiger partial charge >= 0.3 is 5.69 Å². The normalized spacial score (nSPS) is 16.3. The molecule has 5 aromatic rings. The quantitative estimate of drug-likeness (QED) is 0.0200. The highest BCUT2D eigenvalue weighted by molar-refractivity contribution is 7.44. The van der Waals surface area contributed by atoms with Gasteiger partial charge in [-0.2, -0.15) is 10.2 Å². The monoisotopic (exact) mass is 964 g/mol. The molecule has 1 saturated heterocycles. The van der Waals surface area contributed by atoms with Gasteiger partial charge in [0.2, 0.25) is 17.6 Å². The molecule has 2 heterocycles. The molecule has 19 heteroatoms. The fourth-order valence-corrected chi connectivity index (χ4v) is 9.92. The van der Waals surface area contributed by atoms with E-state index >= 15 is 0 Å². The van der Waals surface area contributed by atoms with Crippen molar-refractivity contribution in [3.63, 3.8) is 0 Å². The molecule has 364 valence electrons. The number of nitro groups is 2. The number of nitrogens with one attached hydrogen (secondary N) is 1. The van der Waals surface area contributed by atoms with Crippen molar-refractivity contribution in [2.75, 3.05) is 39.4 Å². The molecule has 1 aliphatic heterocycles. The molecule has 0 aliphatic carbocycles. The average molecular weight is 965 g/mol. The van der Waals surface area contributed by atoms with Crippen LogP contribution in [0.25, 0.3) is 0 Å². The predicted molar refractivity (Wildman–Crippen MR) is 258 cm³/mol. The Morgan fingerprint density at radius 1 is 0.884 bits per heavy atom. The van der Waals surface area contributed by atoms with E-state index in [4.69, 9.17) is 32.7 Å². The second-order valence-electron chi connectivity index (χ2n) is 16.6. The number of non-ortho nitro benzene ring substituents is 1. The summed E-state index contributed by atoms with van der Waals surface area (Å²) in [5.41, 5.74) is 1.49. The zero-order chi connectivity index (χ0) is 49.7. The first-order valence-electron chi connectivity index (χ1n) is 22.4. The van der Waals surface area contributed by atoms with E-state index in [-0.39, 0.29) is 67.7 Å². The van der Waals surface area contributed by atoms with Crippen LogP contribution in [0.2, 0.25) is 0 Å². The van der Waals surface area contributed by atoms with Gasteiger partial charge < -0.3 is 38.0 Å². The molecule has 1 unspecified atom stereocenters. The standard InChI is InChI=1S/C50H57N6O12P/c1-33(2)54(34(3)4)69(66-28-11-27-51)68-46-31-45(43-30-44(56(60)61)48(52-35(5)57)53-49(43)64-29-26-36-14-20-40(21-15-36)55(58)59)67-47(46)32-65-50(37-12-9-8-10-13-37,38-16-22-41(62-6)23-17-38)39-18-24-42(63-7)25-19-39/h8-10,12-25,30,33-34,45-47H,11,26,28-29,31-32H2,1-7H3,(H,52,53,57)/t45-,46+,47-,69?/m0/s1. The molecule has 6 rings (SSSR count). The molecule has 0 bridgehead atoms. The Bertz CT molecular complexity index is 2490. The Hall–Kier alpha value is -6.58. The van der Waals surface area contributed by atoms with Crippen molar-refractivity contribution in [3.05, 3.63) is 157 Å². The molecule has 1 amide bonds. The number of pyridine rings is 1. The largest absolute Gasteiger partial charge is 0.497 e. The second-order valence-corrected chi connectivity index (χ2v) is 18.0. The molecular formula is C50H57N6O12P. The number of carbonyl (C=O) groups excluding carboxylic acids is 1. The SMILES string of the molecule is COc1ccc(C(OC[C@@H]2O[C@H](c3cc([N+](=O)[O-])c(NC(C)=O)nc3OCCc3ccc([N+](=O)[O-])cc3)C[C@H]2OP(OCCC#N)N(C(C)C)C(C)C)(c2ccccc2)c2ccc(OC)cc2)cc1. The summed E-state index contributed by atoms with van der Waals surface area (Å²) in [6, 6.07) is 34.3. The molecule has 0 spiro atoms. The van der Waals surface area contributed by atoms with Crippen LogP contribution in [0.1, 0.15) is 81.4 Å². The molecular weight excluding hydrogens is 908 g/mol. The van der Waals surface area contributed by atoms with Crippen LogP contribution in [0, 0.1) is 31.6 Å². The van der Waals surface area contributed by atoms with Crippen molar-refractivity contribution in [1.29, 1.82) is 5.26 Å².